The van der Waals surface area contributed by atoms with Crippen LogP contribution in [-0.2, 0) is 28.9 Å². The summed E-state index contributed by atoms with van der Waals surface area (Å²) in [5.41, 5.74) is 4.57. The number of rotatable bonds is 9. The number of halogens is 3. The molecule has 268 valence electrons. The smallest absolute Gasteiger partial charge is 0.251 e. The summed E-state index contributed by atoms with van der Waals surface area (Å²) in [4.78, 5) is 30.4. The van der Waals surface area contributed by atoms with Gasteiger partial charge in [-0.2, -0.15) is 5.10 Å². The number of nitrogens with zero attached hydrogens (tertiary/aromatic N) is 3. The Bertz CT molecular complexity index is 2240. The number of anilines is 1. The minimum absolute atomic E-state index is 0.0148. The number of aromatic nitrogens is 2. The van der Waals surface area contributed by atoms with Crippen LogP contribution in [-0.4, -0.2) is 64.9 Å². The number of ether oxygens (including phenoxy) is 2. The fraction of sp³-hybridized carbons (Fsp3) is 0.325. The van der Waals surface area contributed by atoms with Crippen molar-refractivity contribution >= 4 is 51.6 Å². The Morgan fingerprint density at radius 3 is 2.75 bits per heavy atom. The standard InChI is InChI=1S/C40H38Cl2FN5O4/c1-4-52-26-8-5-7-23(16-26)21-47-34-19-33-29-15-22(2)28(38(49)44-13-14-51-3)18-32(29)46-48(33)37(34)35(27-9-6-10-30(42)36(27)43)40(47)20-24-11-12-25(41)17-31(24)45-39(40)50/h5-12,15-18,34-35,37H,4,13-14,19-21H2,1-3H3,(H,44,49)(H,45,50)/t34-,35-,37+,40+/m0/s1. The number of hydrogen-bond donors (Lipinski definition) is 2. The van der Waals surface area contributed by atoms with Crippen LogP contribution in [0.25, 0.3) is 10.9 Å². The van der Waals surface area contributed by atoms with E-state index in [0.29, 0.717) is 66.5 Å². The maximum Gasteiger partial charge on any atom is 0.251 e. The van der Waals surface area contributed by atoms with E-state index in [0.717, 1.165) is 33.5 Å². The van der Waals surface area contributed by atoms with E-state index in [9.17, 15) is 9.59 Å². The zero-order valence-electron chi connectivity index (χ0n) is 29.0. The zero-order valence-corrected chi connectivity index (χ0v) is 30.5. The van der Waals surface area contributed by atoms with Crippen LogP contribution in [0.2, 0.25) is 10.0 Å². The molecule has 9 nitrogen and oxygen atoms in total. The maximum atomic E-state index is 16.5. The lowest BCUT2D eigenvalue weighted by Gasteiger charge is -2.46. The second-order valence-electron chi connectivity index (χ2n) is 13.8. The van der Waals surface area contributed by atoms with Gasteiger partial charge in [0.15, 0.2) is 0 Å². The van der Waals surface area contributed by atoms with Crippen LogP contribution in [0.4, 0.5) is 10.1 Å². The summed E-state index contributed by atoms with van der Waals surface area (Å²) in [6, 6.07) is 21.5. The van der Waals surface area contributed by atoms with Crippen LogP contribution in [0.15, 0.2) is 72.8 Å². The number of amides is 2. The van der Waals surface area contributed by atoms with Crippen molar-refractivity contribution in [2.45, 2.75) is 56.8 Å². The molecular weight excluding hydrogens is 704 g/mol. The third-order valence-electron chi connectivity index (χ3n) is 10.9. The van der Waals surface area contributed by atoms with Gasteiger partial charge in [-0.05, 0) is 78.6 Å². The largest absolute Gasteiger partial charge is 0.494 e. The van der Waals surface area contributed by atoms with Gasteiger partial charge in [0.2, 0.25) is 5.91 Å². The Balaban J connectivity index is 1.33. The number of likely N-dealkylation sites (tertiary alicyclic amines) is 1. The number of fused-ring (bicyclic) bond motifs is 6. The summed E-state index contributed by atoms with van der Waals surface area (Å²) in [7, 11) is 1.59. The lowest BCUT2D eigenvalue weighted by Crippen LogP contribution is -2.61. The van der Waals surface area contributed by atoms with Gasteiger partial charge in [0.05, 0.1) is 29.8 Å². The number of benzene rings is 4. The first kappa shape index (κ1) is 34.6. The van der Waals surface area contributed by atoms with Crippen molar-refractivity contribution in [2.24, 2.45) is 0 Å². The van der Waals surface area contributed by atoms with Crippen molar-refractivity contribution < 1.29 is 23.5 Å². The van der Waals surface area contributed by atoms with E-state index >= 15 is 4.39 Å². The summed E-state index contributed by atoms with van der Waals surface area (Å²) in [5.74, 6) is -0.981. The fourth-order valence-corrected chi connectivity index (χ4v) is 9.08. The van der Waals surface area contributed by atoms with E-state index in [1.165, 1.54) is 6.07 Å². The number of aryl methyl sites for hydroxylation is 1. The molecule has 1 spiro atoms. The highest BCUT2D eigenvalue weighted by Gasteiger charge is 2.67. The molecule has 2 amide bonds. The van der Waals surface area contributed by atoms with Gasteiger partial charge >= 0.3 is 0 Å². The molecular formula is C40H38Cl2FN5O4. The predicted molar refractivity (Wildman–Crippen MR) is 199 cm³/mol. The third-order valence-corrected chi connectivity index (χ3v) is 11.4. The lowest BCUT2D eigenvalue weighted by atomic mass is 9.71. The average Bonchev–Trinajstić information content (AvgIpc) is 3.73. The SMILES string of the molecule is CCOc1cccc(CN2[C@H]3Cc4c5cc(C)c(C(=O)NCCOC)cc5nn4[C@H]3[C@H](c3cccc(Cl)c3F)[C@@]23Cc2ccc(Cl)cc2NC3=O)c1. The van der Waals surface area contributed by atoms with E-state index in [2.05, 4.69) is 15.5 Å². The molecule has 5 aromatic rings. The first-order valence-electron chi connectivity index (χ1n) is 17.5. The molecule has 4 heterocycles. The first-order chi connectivity index (χ1) is 25.1. The summed E-state index contributed by atoms with van der Waals surface area (Å²) in [6.07, 6.45) is 0.855. The van der Waals surface area contributed by atoms with Crippen molar-refractivity contribution in [3.63, 3.8) is 0 Å². The summed E-state index contributed by atoms with van der Waals surface area (Å²) in [5, 5.41) is 12.6. The fourth-order valence-electron chi connectivity index (χ4n) is 8.72. The molecule has 52 heavy (non-hydrogen) atoms. The minimum Gasteiger partial charge on any atom is -0.494 e. The summed E-state index contributed by atoms with van der Waals surface area (Å²) in [6.45, 7) is 5.54. The van der Waals surface area contributed by atoms with Crippen molar-refractivity contribution in [3.8, 4) is 5.75 Å². The van der Waals surface area contributed by atoms with Crippen LogP contribution < -0.4 is 15.4 Å². The highest BCUT2D eigenvalue weighted by Crippen LogP contribution is 2.60. The van der Waals surface area contributed by atoms with Crippen molar-refractivity contribution in [1.29, 1.82) is 0 Å². The molecule has 0 aliphatic carbocycles. The monoisotopic (exact) mass is 741 g/mol. The van der Waals surface area contributed by atoms with Gasteiger partial charge in [-0.1, -0.05) is 53.5 Å². The van der Waals surface area contributed by atoms with E-state index in [1.54, 1.807) is 25.3 Å². The molecule has 1 fully saturated rings. The Morgan fingerprint density at radius 2 is 1.94 bits per heavy atom. The second kappa shape index (κ2) is 13.5. The Hall–Kier alpha value is -4.48. The normalized spacial score (nSPS) is 22.0. The van der Waals surface area contributed by atoms with Gasteiger partial charge in [-0.3, -0.25) is 19.2 Å². The third kappa shape index (κ3) is 5.55. The number of hydrogen-bond acceptors (Lipinski definition) is 6. The van der Waals surface area contributed by atoms with Gasteiger partial charge in [0.1, 0.15) is 17.1 Å². The Kier molecular flexibility index (Phi) is 8.98. The number of nitrogens with one attached hydrogen (secondary N) is 2. The summed E-state index contributed by atoms with van der Waals surface area (Å²) < 4.78 is 29.5. The van der Waals surface area contributed by atoms with Gasteiger partial charge < -0.3 is 20.1 Å². The molecule has 3 aliphatic rings. The molecule has 1 saturated heterocycles. The second-order valence-corrected chi connectivity index (χ2v) is 14.6. The topological polar surface area (TPSA) is 97.7 Å². The summed E-state index contributed by atoms with van der Waals surface area (Å²) >= 11 is 12.9. The van der Waals surface area contributed by atoms with E-state index in [1.807, 2.05) is 67.1 Å². The molecule has 0 unspecified atom stereocenters. The Labute approximate surface area is 311 Å². The molecule has 12 heteroatoms. The van der Waals surface area contributed by atoms with Gasteiger partial charge in [-0.15, -0.1) is 0 Å². The lowest BCUT2D eigenvalue weighted by molar-refractivity contribution is -0.129. The molecule has 4 aromatic carbocycles. The molecule has 0 bridgehead atoms. The highest BCUT2D eigenvalue weighted by atomic mass is 35.5. The van der Waals surface area contributed by atoms with E-state index in [-0.39, 0.29) is 22.9 Å². The molecule has 2 N–H and O–H groups in total. The van der Waals surface area contributed by atoms with E-state index in [4.69, 9.17) is 37.8 Å². The van der Waals surface area contributed by atoms with Crippen LogP contribution in [0.5, 0.6) is 5.75 Å². The van der Waals surface area contributed by atoms with Crippen LogP contribution in [0.3, 0.4) is 0 Å². The molecule has 0 saturated carbocycles. The molecule has 3 aliphatic heterocycles. The first-order valence-corrected chi connectivity index (χ1v) is 18.2. The van der Waals surface area contributed by atoms with Gasteiger partial charge in [0.25, 0.3) is 5.91 Å². The highest BCUT2D eigenvalue weighted by molar-refractivity contribution is 6.31. The average molecular weight is 743 g/mol. The zero-order chi connectivity index (χ0) is 36.3. The van der Waals surface area contributed by atoms with Crippen LogP contribution in [0, 0.1) is 12.7 Å². The molecule has 1 aromatic heterocycles. The van der Waals surface area contributed by atoms with Crippen LogP contribution >= 0.6 is 23.2 Å². The maximum absolute atomic E-state index is 16.5. The molecule has 4 atom stereocenters. The Morgan fingerprint density at radius 1 is 1.12 bits per heavy atom. The van der Waals surface area contributed by atoms with Crippen LogP contribution in [0.1, 0.15) is 57.2 Å². The number of carbonyl (C=O) groups is 2. The van der Waals surface area contributed by atoms with Crippen molar-refractivity contribution in [1.82, 2.24) is 20.0 Å². The quantitative estimate of drug-likeness (QED) is 0.154. The molecule has 8 rings (SSSR count). The number of methoxy groups -OCH3 is 1. The minimum atomic E-state index is -1.25. The van der Waals surface area contributed by atoms with Gasteiger partial charge in [0, 0.05) is 72.4 Å². The van der Waals surface area contributed by atoms with Crippen molar-refractivity contribution in [3.05, 3.63) is 122 Å². The van der Waals surface area contributed by atoms with Gasteiger partial charge in [-0.25, -0.2) is 4.39 Å². The number of carbonyl (C=O) groups excluding carboxylic acids is 2. The van der Waals surface area contributed by atoms with E-state index < -0.39 is 23.3 Å². The van der Waals surface area contributed by atoms with Crippen molar-refractivity contribution in [2.75, 3.05) is 32.2 Å². The predicted octanol–water partition coefficient (Wildman–Crippen LogP) is 7.26. The molecule has 0 radical (unpaired) electrons.